The summed E-state index contributed by atoms with van der Waals surface area (Å²) in [5, 5.41) is 22.7. The first kappa shape index (κ1) is 13.0. The predicted molar refractivity (Wildman–Crippen MR) is 75.1 cm³/mol. The predicted octanol–water partition coefficient (Wildman–Crippen LogP) is 2.82. The van der Waals surface area contributed by atoms with Crippen LogP contribution in [0.4, 0.5) is 0 Å². The molecule has 1 aromatic heterocycles. The number of aromatic hydroxyl groups is 2. The fourth-order valence-electron chi connectivity index (χ4n) is 1.94. The summed E-state index contributed by atoms with van der Waals surface area (Å²) >= 11 is 0. The lowest BCUT2D eigenvalue weighted by Crippen LogP contribution is -1.88. The Labute approximate surface area is 120 Å². The molecule has 2 aromatic carbocycles. The summed E-state index contributed by atoms with van der Waals surface area (Å²) in [6.45, 7) is 0. The smallest absolute Gasteiger partial charge is 0.258 e. The van der Waals surface area contributed by atoms with Gasteiger partial charge in [-0.3, -0.25) is 0 Å². The van der Waals surface area contributed by atoms with Crippen LogP contribution in [-0.2, 0) is 0 Å². The third kappa shape index (κ3) is 2.38. The summed E-state index contributed by atoms with van der Waals surface area (Å²) in [6.07, 6.45) is 0. The molecular formula is C15H12N2O4. The van der Waals surface area contributed by atoms with Crippen LogP contribution >= 0.6 is 0 Å². The first-order chi connectivity index (χ1) is 10.2. The third-order valence-corrected chi connectivity index (χ3v) is 3.00. The van der Waals surface area contributed by atoms with E-state index in [0.717, 1.165) is 0 Å². The Bertz CT molecular complexity index is 783. The average Bonchev–Trinajstić information content (AvgIpc) is 2.99. The number of nitrogens with zero attached hydrogens (tertiary/aromatic N) is 2. The monoisotopic (exact) mass is 284 g/mol. The molecule has 1 heterocycles. The molecule has 0 atom stereocenters. The maximum Gasteiger partial charge on any atom is 0.258 e. The van der Waals surface area contributed by atoms with Crippen molar-refractivity contribution in [2.45, 2.75) is 0 Å². The molecule has 2 N–H and O–H groups in total. The first-order valence-electron chi connectivity index (χ1n) is 6.18. The highest BCUT2D eigenvalue weighted by atomic mass is 16.5. The maximum atomic E-state index is 9.51. The third-order valence-electron chi connectivity index (χ3n) is 3.00. The van der Waals surface area contributed by atoms with Gasteiger partial charge in [0.15, 0.2) is 11.5 Å². The zero-order chi connectivity index (χ0) is 14.8. The highest BCUT2D eigenvalue weighted by molar-refractivity contribution is 5.66. The van der Waals surface area contributed by atoms with Crippen LogP contribution in [0.25, 0.3) is 22.8 Å². The number of hydrogen-bond donors (Lipinski definition) is 2. The SMILES string of the molecule is COc1ccccc1-c1noc(-c2ccc(O)c(O)c2)n1. The van der Waals surface area contributed by atoms with E-state index in [-0.39, 0.29) is 17.4 Å². The molecule has 6 heteroatoms. The summed E-state index contributed by atoms with van der Waals surface area (Å²) in [6, 6.07) is 11.6. The molecular weight excluding hydrogens is 272 g/mol. The Morgan fingerprint density at radius 1 is 1.05 bits per heavy atom. The second-order valence-corrected chi connectivity index (χ2v) is 4.33. The topological polar surface area (TPSA) is 88.6 Å². The van der Waals surface area contributed by atoms with Gasteiger partial charge < -0.3 is 19.5 Å². The highest BCUT2D eigenvalue weighted by Crippen LogP contribution is 2.32. The van der Waals surface area contributed by atoms with E-state index in [2.05, 4.69) is 10.1 Å². The molecule has 3 aromatic rings. The molecule has 0 unspecified atom stereocenters. The average molecular weight is 284 g/mol. The van der Waals surface area contributed by atoms with Crippen molar-refractivity contribution in [3.8, 4) is 40.1 Å². The minimum absolute atomic E-state index is 0.205. The summed E-state index contributed by atoms with van der Waals surface area (Å²) in [7, 11) is 1.57. The second kappa shape index (κ2) is 5.16. The Morgan fingerprint density at radius 2 is 1.86 bits per heavy atom. The minimum atomic E-state index is -0.246. The van der Waals surface area contributed by atoms with E-state index in [1.165, 1.54) is 12.1 Å². The molecule has 0 saturated heterocycles. The molecule has 0 spiro atoms. The molecule has 3 rings (SSSR count). The fraction of sp³-hybridized carbons (Fsp3) is 0.0667. The van der Waals surface area contributed by atoms with E-state index < -0.39 is 0 Å². The van der Waals surface area contributed by atoms with Crippen LogP contribution in [0.15, 0.2) is 47.0 Å². The van der Waals surface area contributed by atoms with E-state index in [1.807, 2.05) is 18.2 Å². The number of phenolic OH excluding ortho intramolecular Hbond substituents is 2. The van der Waals surface area contributed by atoms with Gasteiger partial charge in [0.25, 0.3) is 5.89 Å². The molecule has 0 fully saturated rings. The fourth-order valence-corrected chi connectivity index (χ4v) is 1.94. The van der Waals surface area contributed by atoms with Crippen molar-refractivity contribution < 1.29 is 19.5 Å². The quantitative estimate of drug-likeness (QED) is 0.719. The summed E-state index contributed by atoms with van der Waals surface area (Å²) < 4.78 is 10.4. The van der Waals surface area contributed by atoms with Gasteiger partial charge in [-0.1, -0.05) is 17.3 Å². The standard InChI is InChI=1S/C15H12N2O4/c1-20-13-5-3-2-4-10(13)14-16-15(21-17-14)9-6-7-11(18)12(19)8-9/h2-8,18-19H,1H3. The van der Waals surface area contributed by atoms with Gasteiger partial charge in [0.05, 0.1) is 12.7 Å². The van der Waals surface area contributed by atoms with Crippen LogP contribution in [0.1, 0.15) is 0 Å². The van der Waals surface area contributed by atoms with E-state index in [9.17, 15) is 10.2 Å². The van der Waals surface area contributed by atoms with Gasteiger partial charge in [-0.25, -0.2) is 0 Å². The van der Waals surface area contributed by atoms with Crippen molar-refractivity contribution in [2.24, 2.45) is 0 Å². The normalized spacial score (nSPS) is 10.5. The summed E-state index contributed by atoms with van der Waals surface area (Å²) in [4.78, 5) is 4.28. The lowest BCUT2D eigenvalue weighted by atomic mass is 10.2. The molecule has 21 heavy (non-hydrogen) atoms. The van der Waals surface area contributed by atoms with Gasteiger partial charge in [-0.2, -0.15) is 4.98 Å². The molecule has 0 aliphatic heterocycles. The number of phenols is 2. The molecule has 0 aliphatic carbocycles. The molecule has 0 amide bonds. The van der Waals surface area contributed by atoms with E-state index in [0.29, 0.717) is 22.7 Å². The van der Waals surface area contributed by atoms with Crippen LogP contribution in [0, 0.1) is 0 Å². The summed E-state index contributed by atoms with van der Waals surface area (Å²) in [5.41, 5.74) is 1.22. The number of benzene rings is 2. The zero-order valence-electron chi connectivity index (χ0n) is 11.1. The molecule has 6 nitrogen and oxygen atoms in total. The molecule has 0 saturated carbocycles. The van der Waals surface area contributed by atoms with Gasteiger partial charge in [0.2, 0.25) is 5.82 Å². The van der Waals surface area contributed by atoms with Crippen molar-refractivity contribution in [1.29, 1.82) is 0 Å². The lowest BCUT2D eigenvalue weighted by Gasteiger charge is -2.03. The Morgan fingerprint density at radius 3 is 2.62 bits per heavy atom. The number of para-hydroxylation sites is 1. The second-order valence-electron chi connectivity index (χ2n) is 4.33. The highest BCUT2D eigenvalue weighted by Gasteiger charge is 2.14. The first-order valence-corrected chi connectivity index (χ1v) is 6.18. The van der Waals surface area contributed by atoms with Gasteiger partial charge >= 0.3 is 0 Å². The van der Waals surface area contributed by atoms with E-state index in [1.54, 1.807) is 19.2 Å². The van der Waals surface area contributed by atoms with Crippen LogP contribution in [0.5, 0.6) is 17.2 Å². The van der Waals surface area contributed by atoms with Crippen LogP contribution in [0.2, 0.25) is 0 Å². The van der Waals surface area contributed by atoms with Crippen LogP contribution < -0.4 is 4.74 Å². The Balaban J connectivity index is 2.01. The summed E-state index contributed by atoms with van der Waals surface area (Å²) in [5.74, 6) is 0.812. The maximum absolute atomic E-state index is 9.51. The molecule has 106 valence electrons. The molecule has 0 radical (unpaired) electrons. The number of methoxy groups -OCH3 is 1. The van der Waals surface area contributed by atoms with Crippen molar-refractivity contribution in [3.63, 3.8) is 0 Å². The molecule has 0 bridgehead atoms. The number of hydrogen-bond acceptors (Lipinski definition) is 6. The number of ether oxygens (including phenoxy) is 1. The van der Waals surface area contributed by atoms with E-state index >= 15 is 0 Å². The number of aromatic nitrogens is 2. The van der Waals surface area contributed by atoms with E-state index in [4.69, 9.17) is 9.26 Å². The Hall–Kier alpha value is -3.02. The van der Waals surface area contributed by atoms with Crippen LogP contribution in [0.3, 0.4) is 0 Å². The van der Waals surface area contributed by atoms with Crippen molar-refractivity contribution in [2.75, 3.05) is 7.11 Å². The van der Waals surface area contributed by atoms with Gasteiger partial charge in [0, 0.05) is 5.56 Å². The van der Waals surface area contributed by atoms with Crippen LogP contribution in [-0.4, -0.2) is 27.5 Å². The largest absolute Gasteiger partial charge is 0.504 e. The van der Waals surface area contributed by atoms with Crippen molar-refractivity contribution >= 4 is 0 Å². The minimum Gasteiger partial charge on any atom is -0.504 e. The Kier molecular flexibility index (Phi) is 3.19. The van der Waals surface area contributed by atoms with Gasteiger partial charge in [-0.05, 0) is 30.3 Å². The van der Waals surface area contributed by atoms with Crippen molar-refractivity contribution in [1.82, 2.24) is 10.1 Å². The van der Waals surface area contributed by atoms with Gasteiger partial charge in [0.1, 0.15) is 5.75 Å². The van der Waals surface area contributed by atoms with Gasteiger partial charge in [-0.15, -0.1) is 0 Å². The number of rotatable bonds is 3. The lowest BCUT2D eigenvalue weighted by molar-refractivity contribution is 0.402. The molecule has 0 aliphatic rings. The zero-order valence-corrected chi connectivity index (χ0v) is 11.1. The van der Waals surface area contributed by atoms with Crippen molar-refractivity contribution in [3.05, 3.63) is 42.5 Å².